The van der Waals surface area contributed by atoms with Gasteiger partial charge < -0.3 is 10.6 Å². The fourth-order valence-corrected chi connectivity index (χ4v) is 2.49. The third-order valence-corrected chi connectivity index (χ3v) is 3.94. The van der Waals surface area contributed by atoms with Gasteiger partial charge >= 0.3 is 0 Å². The van der Waals surface area contributed by atoms with E-state index >= 15 is 0 Å². The summed E-state index contributed by atoms with van der Waals surface area (Å²) < 4.78 is 0. The van der Waals surface area contributed by atoms with Crippen LogP contribution in [0.5, 0.6) is 0 Å². The Bertz CT molecular complexity index is 904. The first-order valence-corrected chi connectivity index (χ1v) is 8.06. The van der Waals surface area contributed by atoms with Gasteiger partial charge in [-0.25, -0.2) is 9.97 Å². The largest absolute Gasteiger partial charge is 0.324 e. The molecular weight excluding hydrogens is 312 g/mol. The van der Waals surface area contributed by atoms with Crippen LogP contribution in [0.25, 0.3) is 0 Å². The summed E-state index contributed by atoms with van der Waals surface area (Å²) in [4.78, 5) is 20.8. The zero-order valence-corrected chi connectivity index (χ0v) is 14.5. The number of anilines is 3. The first-order chi connectivity index (χ1) is 12.0. The van der Waals surface area contributed by atoms with Gasteiger partial charge in [0.15, 0.2) is 0 Å². The molecule has 1 aromatic heterocycles. The first kappa shape index (κ1) is 16.6. The van der Waals surface area contributed by atoms with Gasteiger partial charge in [-0.3, -0.25) is 4.79 Å². The van der Waals surface area contributed by atoms with Crippen LogP contribution < -0.4 is 10.6 Å². The number of aryl methyl sites for hydroxylation is 3. The van der Waals surface area contributed by atoms with Crippen LogP contribution in [0.3, 0.4) is 0 Å². The van der Waals surface area contributed by atoms with Crippen LogP contribution in [0.15, 0.2) is 54.9 Å². The average molecular weight is 332 g/mol. The molecule has 0 spiro atoms. The van der Waals surface area contributed by atoms with Crippen molar-refractivity contribution in [2.75, 3.05) is 10.6 Å². The molecule has 2 aromatic carbocycles. The highest BCUT2D eigenvalue weighted by Gasteiger charge is 2.09. The van der Waals surface area contributed by atoms with Crippen LogP contribution in [-0.2, 0) is 0 Å². The number of hydrogen-bond donors (Lipinski definition) is 2. The third-order valence-electron chi connectivity index (χ3n) is 3.94. The van der Waals surface area contributed by atoms with E-state index in [2.05, 4.69) is 33.6 Å². The summed E-state index contributed by atoms with van der Waals surface area (Å²) in [6, 6.07) is 13.7. The lowest BCUT2D eigenvalue weighted by molar-refractivity contribution is 0.102. The number of hydrogen-bond acceptors (Lipinski definition) is 4. The van der Waals surface area contributed by atoms with Gasteiger partial charge in [0.05, 0.1) is 5.56 Å². The molecule has 3 aromatic rings. The number of aromatic nitrogens is 2. The minimum atomic E-state index is -0.229. The molecule has 0 unspecified atom stereocenters. The maximum absolute atomic E-state index is 12.3. The van der Waals surface area contributed by atoms with E-state index in [-0.39, 0.29) is 5.91 Å². The van der Waals surface area contributed by atoms with Crippen LogP contribution in [0, 0.1) is 20.8 Å². The number of carbonyl (C=O) groups is 1. The Labute approximate surface area is 147 Å². The number of nitrogens with zero attached hydrogens (tertiary/aromatic N) is 2. The summed E-state index contributed by atoms with van der Waals surface area (Å²) in [6.07, 6.45) is 3.04. The number of para-hydroxylation sites is 1. The Kier molecular flexibility index (Phi) is 4.75. The molecule has 0 saturated heterocycles. The summed E-state index contributed by atoms with van der Waals surface area (Å²) in [5, 5.41) is 6.04. The van der Waals surface area contributed by atoms with Crippen molar-refractivity contribution in [1.82, 2.24) is 9.97 Å². The molecule has 5 heteroatoms. The van der Waals surface area contributed by atoms with Crippen LogP contribution in [0.2, 0.25) is 0 Å². The summed E-state index contributed by atoms with van der Waals surface area (Å²) in [5.74, 6) is 0.228. The van der Waals surface area contributed by atoms with Crippen molar-refractivity contribution >= 4 is 23.2 Å². The molecule has 0 aliphatic heterocycles. The normalized spacial score (nSPS) is 10.4. The zero-order chi connectivity index (χ0) is 17.8. The molecule has 0 atom stereocenters. The molecule has 0 saturated carbocycles. The number of nitrogens with one attached hydrogen (secondary N) is 2. The second kappa shape index (κ2) is 7.13. The predicted molar refractivity (Wildman–Crippen MR) is 100 cm³/mol. The third kappa shape index (κ3) is 4.01. The van der Waals surface area contributed by atoms with Gasteiger partial charge in [0, 0.05) is 23.8 Å². The van der Waals surface area contributed by atoms with E-state index in [4.69, 9.17) is 0 Å². The summed E-state index contributed by atoms with van der Waals surface area (Å²) in [6.45, 7) is 6.03. The van der Waals surface area contributed by atoms with E-state index < -0.39 is 0 Å². The molecule has 1 heterocycles. The molecular formula is C20H20N4O. The van der Waals surface area contributed by atoms with Gasteiger partial charge in [0.2, 0.25) is 5.95 Å². The van der Waals surface area contributed by atoms with Crippen molar-refractivity contribution in [1.29, 1.82) is 0 Å². The van der Waals surface area contributed by atoms with Crippen molar-refractivity contribution < 1.29 is 4.79 Å². The standard InChI is InChI=1S/C20H20N4O/c1-13-8-9-18(15(3)10-13)24-20-21-11-16(12-22-20)19(25)23-17-7-5-4-6-14(17)2/h4-12H,1-3H3,(H,23,25)(H,21,22,24). The monoisotopic (exact) mass is 332 g/mol. The van der Waals surface area contributed by atoms with Gasteiger partial charge in [0.1, 0.15) is 0 Å². The van der Waals surface area contributed by atoms with Crippen LogP contribution in [0.4, 0.5) is 17.3 Å². The fourth-order valence-electron chi connectivity index (χ4n) is 2.49. The van der Waals surface area contributed by atoms with Gasteiger partial charge in [-0.15, -0.1) is 0 Å². The van der Waals surface area contributed by atoms with Crippen molar-refractivity contribution in [3.63, 3.8) is 0 Å². The van der Waals surface area contributed by atoms with Crippen LogP contribution in [0.1, 0.15) is 27.0 Å². The fraction of sp³-hybridized carbons (Fsp3) is 0.150. The van der Waals surface area contributed by atoms with Crippen molar-refractivity contribution in [2.24, 2.45) is 0 Å². The topological polar surface area (TPSA) is 66.9 Å². The molecule has 3 rings (SSSR count). The highest BCUT2D eigenvalue weighted by Crippen LogP contribution is 2.19. The Morgan fingerprint density at radius 3 is 2.28 bits per heavy atom. The summed E-state index contributed by atoms with van der Waals surface area (Å²) in [5.41, 5.74) is 5.46. The van der Waals surface area contributed by atoms with Crippen LogP contribution >= 0.6 is 0 Å². The minimum Gasteiger partial charge on any atom is -0.324 e. The molecule has 0 fully saturated rings. The highest BCUT2D eigenvalue weighted by atomic mass is 16.1. The van der Waals surface area contributed by atoms with E-state index in [1.165, 1.54) is 18.0 Å². The van der Waals surface area contributed by atoms with Crippen LogP contribution in [-0.4, -0.2) is 15.9 Å². The smallest absolute Gasteiger partial charge is 0.258 e. The number of amides is 1. The summed E-state index contributed by atoms with van der Waals surface area (Å²) in [7, 11) is 0. The van der Waals surface area contributed by atoms with Gasteiger partial charge in [0.25, 0.3) is 5.91 Å². The Morgan fingerprint density at radius 1 is 0.880 bits per heavy atom. The highest BCUT2D eigenvalue weighted by molar-refractivity contribution is 6.04. The minimum absolute atomic E-state index is 0.229. The Morgan fingerprint density at radius 2 is 1.60 bits per heavy atom. The average Bonchev–Trinajstić information content (AvgIpc) is 2.60. The molecule has 1 amide bonds. The molecule has 5 nitrogen and oxygen atoms in total. The number of rotatable bonds is 4. The zero-order valence-electron chi connectivity index (χ0n) is 14.5. The molecule has 126 valence electrons. The number of carbonyl (C=O) groups excluding carboxylic acids is 1. The van der Waals surface area contributed by atoms with E-state index in [0.717, 1.165) is 22.5 Å². The van der Waals surface area contributed by atoms with Gasteiger partial charge in [-0.05, 0) is 44.0 Å². The lowest BCUT2D eigenvalue weighted by Crippen LogP contribution is -2.13. The van der Waals surface area contributed by atoms with E-state index in [9.17, 15) is 4.79 Å². The molecule has 2 N–H and O–H groups in total. The van der Waals surface area contributed by atoms with Crippen molar-refractivity contribution in [2.45, 2.75) is 20.8 Å². The predicted octanol–water partition coefficient (Wildman–Crippen LogP) is 4.40. The van der Waals surface area contributed by atoms with E-state index in [0.29, 0.717) is 11.5 Å². The molecule has 0 aliphatic carbocycles. The van der Waals surface area contributed by atoms with Gasteiger partial charge in [-0.2, -0.15) is 0 Å². The quantitative estimate of drug-likeness (QED) is 0.743. The maximum atomic E-state index is 12.3. The number of benzene rings is 2. The molecule has 25 heavy (non-hydrogen) atoms. The lowest BCUT2D eigenvalue weighted by Gasteiger charge is -2.10. The van der Waals surface area contributed by atoms with Crippen molar-refractivity contribution in [3.05, 3.63) is 77.1 Å². The second-order valence-corrected chi connectivity index (χ2v) is 6.01. The van der Waals surface area contributed by atoms with E-state index in [1.54, 1.807) is 0 Å². The summed E-state index contributed by atoms with van der Waals surface area (Å²) >= 11 is 0. The Balaban J connectivity index is 1.71. The molecule has 0 aliphatic rings. The van der Waals surface area contributed by atoms with Crippen molar-refractivity contribution in [3.8, 4) is 0 Å². The molecule has 0 bridgehead atoms. The SMILES string of the molecule is Cc1ccc(Nc2ncc(C(=O)Nc3ccccc3C)cn2)c(C)c1. The maximum Gasteiger partial charge on any atom is 0.258 e. The molecule has 0 radical (unpaired) electrons. The van der Waals surface area contributed by atoms with E-state index in [1.807, 2.05) is 50.2 Å². The first-order valence-electron chi connectivity index (χ1n) is 8.06. The second-order valence-electron chi connectivity index (χ2n) is 6.01. The van der Waals surface area contributed by atoms with Gasteiger partial charge in [-0.1, -0.05) is 35.9 Å². The lowest BCUT2D eigenvalue weighted by atomic mass is 10.1. The Hall–Kier alpha value is -3.21.